The fraction of sp³-hybridized carbons (Fsp3) is 0.190. The highest BCUT2D eigenvalue weighted by molar-refractivity contribution is 7.89. The molecule has 0 fully saturated rings. The zero-order valence-corrected chi connectivity index (χ0v) is 18.0. The number of nitrogens with one attached hydrogen (secondary N) is 2. The monoisotopic (exact) mass is 448 g/mol. The summed E-state index contributed by atoms with van der Waals surface area (Å²) in [6.45, 7) is 1.96. The van der Waals surface area contributed by atoms with Gasteiger partial charge in [-0.15, -0.1) is 11.3 Å². The number of carbonyl (C=O) groups excluding carboxylic acids is 1. The second kappa shape index (κ2) is 9.48. The fourth-order valence-corrected chi connectivity index (χ4v) is 4.89. The predicted octanol–water partition coefficient (Wildman–Crippen LogP) is 4.12. The fourth-order valence-electron chi connectivity index (χ4n) is 2.76. The Kier molecular flexibility index (Phi) is 6.99. The minimum atomic E-state index is -3.68. The molecule has 1 aromatic heterocycles. The van der Waals surface area contributed by atoms with Crippen LogP contribution in [-0.2, 0) is 14.8 Å². The van der Waals surface area contributed by atoms with Crippen molar-refractivity contribution in [3.63, 3.8) is 0 Å². The van der Waals surface area contributed by atoms with Crippen LogP contribution < -0.4 is 10.0 Å². The molecule has 2 aromatic carbocycles. The van der Waals surface area contributed by atoms with Crippen LogP contribution in [0.15, 0.2) is 65.6 Å². The molecule has 1 atom stereocenters. The first kappa shape index (κ1) is 22.1. The van der Waals surface area contributed by atoms with Crippen LogP contribution in [-0.4, -0.2) is 34.1 Å². The lowest BCUT2D eigenvalue weighted by atomic mass is 10.2. The van der Waals surface area contributed by atoms with Crippen molar-refractivity contribution in [2.24, 2.45) is 0 Å². The van der Waals surface area contributed by atoms with Crippen LogP contribution in [0.2, 0.25) is 0 Å². The summed E-state index contributed by atoms with van der Waals surface area (Å²) < 4.78 is 45.2. The molecule has 0 saturated carbocycles. The molecule has 0 aliphatic carbocycles. The van der Waals surface area contributed by atoms with Gasteiger partial charge in [-0.2, -0.15) is 0 Å². The summed E-state index contributed by atoms with van der Waals surface area (Å²) in [7, 11) is -2.18. The van der Waals surface area contributed by atoms with Gasteiger partial charge in [0, 0.05) is 23.7 Å². The lowest BCUT2D eigenvalue weighted by Crippen LogP contribution is -2.35. The Morgan fingerprint density at radius 1 is 1.07 bits per heavy atom. The van der Waals surface area contributed by atoms with E-state index in [1.807, 2.05) is 0 Å². The Hall–Kier alpha value is -2.59. The van der Waals surface area contributed by atoms with E-state index in [1.54, 1.807) is 31.2 Å². The van der Waals surface area contributed by atoms with Crippen LogP contribution in [0.25, 0.3) is 10.4 Å². The SMILES string of the molecule is COCC(C)NS(=O)(=O)c1ccc(NC(=O)c2ccc(-c3ccc(F)cc3)s2)cc1. The minimum Gasteiger partial charge on any atom is -0.383 e. The first-order chi connectivity index (χ1) is 14.3. The second-order valence-electron chi connectivity index (χ2n) is 6.63. The molecule has 9 heteroatoms. The van der Waals surface area contributed by atoms with Gasteiger partial charge < -0.3 is 10.1 Å². The van der Waals surface area contributed by atoms with Crippen LogP contribution >= 0.6 is 11.3 Å². The molecule has 0 saturated heterocycles. The van der Waals surface area contributed by atoms with Crippen LogP contribution in [0.4, 0.5) is 10.1 Å². The van der Waals surface area contributed by atoms with Gasteiger partial charge in [-0.3, -0.25) is 4.79 Å². The van der Waals surface area contributed by atoms with Gasteiger partial charge in [-0.1, -0.05) is 12.1 Å². The van der Waals surface area contributed by atoms with E-state index in [4.69, 9.17) is 4.74 Å². The van der Waals surface area contributed by atoms with Crippen molar-refractivity contribution in [3.05, 3.63) is 71.4 Å². The van der Waals surface area contributed by atoms with E-state index in [0.717, 1.165) is 10.4 Å². The first-order valence-electron chi connectivity index (χ1n) is 9.07. The molecule has 1 heterocycles. The molecular weight excluding hydrogens is 427 g/mol. The number of carbonyl (C=O) groups is 1. The van der Waals surface area contributed by atoms with Crippen molar-refractivity contribution < 1.29 is 22.3 Å². The van der Waals surface area contributed by atoms with Gasteiger partial charge in [0.05, 0.1) is 16.4 Å². The number of amides is 1. The van der Waals surface area contributed by atoms with Crippen molar-refractivity contribution in [1.82, 2.24) is 4.72 Å². The van der Waals surface area contributed by atoms with Crippen molar-refractivity contribution in [3.8, 4) is 10.4 Å². The molecular formula is C21H21FN2O4S2. The van der Waals surface area contributed by atoms with Gasteiger partial charge in [0.15, 0.2) is 0 Å². The summed E-state index contributed by atoms with van der Waals surface area (Å²) in [5.74, 6) is -0.627. The number of sulfonamides is 1. The third-order valence-corrected chi connectivity index (χ3v) is 6.89. The number of halogens is 1. The molecule has 0 aliphatic rings. The van der Waals surface area contributed by atoms with Gasteiger partial charge in [0.2, 0.25) is 10.0 Å². The van der Waals surface area contributed by atoms with Crippen molar-refractivity contribution in [2.75, 3.05) is 19.0 Å². The number of ether oxygens (including phenoxy) is 1. The van der Waals surface area contributed by atoms with Gasteiger partial charge in [0.25, 0.3) is 5.91 Å². The largest absolute Gasteiger partial charge is 0.383 e. The maximum Gasteiger partial charge on any atom is 0.265 e. The highest BCUT2D eigenvalue weighted by Gasteiger charge is 2.17. The van der Waals surface area contributed by atoms with E-state index in [2.05, 4.69) is 10.0 Å². The predicted molar refractivity (Wildman–Crippen MR) is 116 cm³/mol. The molecule has 30 heavy (non-hydrogen) atoms. The first-order valence-corrected chi connectivity index (χ1v) is 11.4. The van der Waals surface area contributed by atoms with E-state index < -0.39 is 10.0 Å². The summed E-state index contributed by atoms with van der Waals surface area (Å²) in [4.78, 5) is 13.9. The van der Waals surface area contributed by atoms with Gasteiger partial charge in [-0.05, 0) is 61.0 Å². The molecule has 0 aliphatic heterocycles. The van der Waals surface area contributed by atoms with Crippen molar-refractivity contribution in [1.29, 1.82) is 0 Å². The molecule has 2 N–H and O–H groups in total. The lowest BCUT2D eigenvalue weighted by molar-refractivity contribution is 0.103. The molecule has 3 aromatic rings. The Balaban J connectivity index is 1.67. The second-order valence-corrected chi connectivity index (χ2v) is 9.42. The topological polar surface area (TPSA) is 84.5 Å². The quantitative estimate of drug-likeness (QED) is 0.543. The average molecular weight is 449 g/mol. The molecule has 1 amide bonds. The lowest BCUT2D eigenvalue weighted by Gasteiger charge is -2.13. The summed E-state index contributed by atoms with van der Waals surface area (Å²) >= 11 is 1.29. The number of anilines is 1. The maximum atomic E-state index is 13.1. The van der Waals surface area contributed by atoms with Gasteiger partial charge in [0.1, 0.15) is 5.82 Å². The number of benzene rings is 2. The number of methoxy groups -OCH3 is 1. The molecule has 0 bridgehead atoms. The highest BCUT2D eigenvalue weighted by Crippen LogP contribution is 2.29. The maximum absolute atomic E-state index is 13.1. The zero-order chi connectivity index (χ0) is 21.7. The Morgan fingerprint density at radius 2 is 1.73 bits per heavy atom. The number of thiophene rings is 1. The summed E-state index contributed by atoms with van der Waals surface area (Å²) in [5.41, 5.74) is 1.30. The van der Waals surface area contributed by atoms with Crippen LogP contribution in [0.3, 0.4) is 0 Å². The van der Waals surface area contributed by atoms with Crippen LogP contribution in [0, 0.1) is 5.82 Å². The zero-order valence-electron chi connectivity index (χ0n) is 16.4. The van der Waals surface area contributed by atoms with E-state index in [-0.39, 0.29) is 29.3 Å². The van der Waals surface area contributed by atoms with E-state index >= 15 is 0 Å². The summed E-state index contributed by atoms with van der Waals surface area (Å²) in [5, 5.41) is 2.75. The van der Waals surface area contributed by atoms with E-state index in [9.17, 15) is 17.6 Å². The number of rotatable bonds is 8. The normalized spacial score (nSPS) is 12.5. The molecule has 1 unspecified atom stereocenters. The summed E-state index contributed by atoms with van der Waals surface area (Å²) in [6, 6.07) is 15.1. The number of hydrogen-bond acceptors (Lipinski definition) is 5. The molecule has 0 radical (unpaired) electrons. The van der Waals surface area contributed by atoms with Gasteiger partial charge in [-0.25, -0.2) is 17.5 Å². The van der Waals surface area contributed by atoms with Crippen molar-refractivity contribution in [2.45, 2.75) is 17.9 Å². The molecule has 3 rings (SSSR count). The Bertz CT molecular complexity index is 1110. The summed E-state index contributed by atoms with van der Waals surface area (Å²) in [6.07, 6.45) is 0. The standard InChI is InChI=1S/C21H21FN2O4S2/c1-14(13-28-2)24-30(26,27)18-9-7-17(8-10-18)23-21(25)20-12-11-19(29-20)15-3-5-16(22)6-4-15/h3-12,14,24H,13H2,1-2H3,(H,23,25). The van der Waals surface area contributed by atoms with E-state index in [1.165, 1.54) is 54.8 Å². The number of hydrogen-bond donors (Lipinski definition) is 2. The van der Waals surface area contributed by atoms with Crippen molar-refractivity contribution >= 4 is 33.0 Å². The average Bonchev–Trinajstić information content (AvgIpc) is 3.19. The molecule has 0 spiro atoms. The highest BCUT2D eigenvalue weighted by atomic mass is 32.2. The molecule has 6 nitrogen and oxygen atoms in total. The van der Waals surface area contributed by atoms with Crippen LogP contribution in [0.5, 0.6) is 0 Å². The van der Waals surface area contributed by atoms with Crippen LogP contribution in [0.1, 0.15) is 16.6 Å². The third-order valence-electron chi connectivity index (χ3n) is 4.15. The minimum absolute atomic E-state index is 0.0955. The van der Waals surface area contributed by atoms with E-state index in [0.29, 0.717) is 10.6 Å². The molecule has 158 valence electrons. The van der Waals surface area contributed by atoms with Gasteiger partial charge >= 0.3 is 0 Å². The Morgan fingerprint density at radius 3 is 2.37 bits per heavy atom. The third kappa shape index (κ3) is 5.51. The Labute approximate surface area is 178 Å². The smallest absolute Gasteiger partial charge is 0.265 e.